The first-order valence-electron chi connectivity index (χ1n) is 11.9. The number of aliphatic hydroxyl groups is 1. The molecular formula is C26H36N2O5. The number of methoxy groups -OCH3 is 1. The van der Waals surface area contributed by atoms with E-state index in [1.54, 1.807) is 20.8 Å². The highest BCUT2D eigenvalue weighted by Crippen LogP contribution is 2.60. The number of carbonyl (C=O) groups is 2. The monoisotopic (exact) mass is 456 g/mol. The van der Waals surface area contributed by atoms with Gasteiger partial charge in [0.1, 0.15) is 0 Å². The molecule has 5 rings (SSSR count). The number of carboxylic acids is 1. The maximum Gasteiger partial charge on any atom is 0.359 e. The highest BCUT2D eigenvalue weighted by molar-refractivity contribution is 5.90. The number of esters is 1. The van der Waals surface area contributed by atoms with Crippen molar-refractivity contribution in [2.75, 3.05) is 20.2 Å². The molecule has 180 valence electrons. The Morgan fingerprint density at radius 3 is 2.48 bits per heavy atom. The first kappa shape index (κ1) is 23.8. The molecule has 0 aliphatic carbocycles. The van der Waals surface area contributed by atoms with Gasteiger partial charge in [-0.2, -0.15) is 0 Å². The number of fused-ring (bicyclic) bond motifs is 3. The number of para-hydroxylation sites is 1. The molecule has 7 heteroatoms. The van der Waals surface area contributed by atoms with Crippen LogP contribution in [0.25, 0.3) is 10.9 Å². The van der Waals surface area contributed by atoms with E-state index < -0.39 is 23.1 Å². The summed E-state index contributed by atoms with van der Waals surface area (Å²) in [6, 6.07) is 8.45. The molecule has 1 saturated heterocycles. The van der Waals surface area contributed by atoms with Crippen molar-refractivity contribution in [2.24, 2.45) is 10.8 Å². The Bertz CT molecular complexity index is 1080. The summed E-state index contributed by atoms with van der Waals surface area (Å²) in [6.07, 6.45) is 4.52. The number of aliphatic carboxylic acids is 1. The van der Waals surface area contributed by atoms with Crippen LogP contribution in [0.3, 0.4) is 0 Å². The SMILES string of the molecule is CC(C)(C)C(=O)O.CC[C@]12CCCN3CCc4c(n(c5ccccc45)[C@@](O)(C(=O)OC)C1)[C@@H]32. The predicted octanol–water partition coefficient (Wildman–Crippen LogP) is 4.07. The van der Waals surface area contributed by atoms with Crippen LogP contribution in [0.1, 0.15) is 70.7 Å². The third-order valence-corrected chi connectivity index (χ3v) is 7.82. The number of ether oxygens (including phenoxy) is 1. The standard InChI is InChI=1S/C21H26N2O3.C5H10O2/c1-3-20-10-6-11-22-12-9-15-14-7-4-5-8-16(14)23(17(15)18(20)22)21(25,13-20)19(24)26-2;1-5(2,3)4(6)7/h4-5,7-8,18,25H,3,6,9-13H2,1-2H3;1-3H3,(H,6,7)/t18-,20+,21+;/m1./s1. The Hall–Kier alpha value is -2.38. The zero-order chi connectivity index (χ0) is 24.2. The topological polar surface area (TPSA) is 92.0 Å². The van der Waals surface area contributed by atoms with Crippen LogP contribution >= 0.6 is 0 Å². The molecule has 3 aliphatic rings. The molecule has 0 saturated carbocycles. The fraction of sp³-hybridized carbons (Fsp3) is 0.615. The Morgan fingerprint density at radius 1 is 1.21 bits per heavy atom. The minimum atomic E-state index is -1.63. The molecule has 0 unspecified atom stereocenters. The number of carbonyl (C=O) groups excluding carboxylic acids is 1. The number of aromatic nitrogens is 1. The number of nitrogens with zero attached hydrogens (tertiary/aromatic N) is 2. The third-order valence-electron chi connectivity index (χ3n) is 7.82. The zero-order valence-corrected chi connectivity index (χ0v) is 20.4. The molecular weight excluding hydrogens is 420 g/mol. The van der Waals surface area contributed by atoms with E-state index in [9.17, 15) is 14.7 Å². The Morgan fingerprint density at radius 2 is 1.88 bits per heavy atom. The molecule has 0 radical (unpaired) electrons. The Labute approximate surface area is 195 Å². The zero-order valence-electron chi connectivity index (χ0n) is 20.4. The molecule has 2 aromatic rings. The number of carboxylic acid groups (broad SMARTS) is 1. The molecule has 0 spiro atoms. The van der Waals surface area contributed by atoms with E-state index >= 15 is 0 Å². The van der Waals surface area contributed by atoms with E-state index in [-0.39, 0.29) is 11.5 Å². The lowest BCUT2D eigenvalue weighted by Crippen LogP contribution is -2.60. The van der Waals surface area contributed by atoms with Gasteiger partial charge in [0.2, 0.25) is 5.72 Å². The van der Waals surface area contributed by atoms with E-state index in [0.717, 1.165) is 50.0 Å². The molecule has 4 heterocycles. The van der Waals surface area contributed by atoms with Crippen LogP contribution < -0.4 is 0 Å². The molecule has 3 atom stereocenters. The molecule has 33 heavy (non-hydrogen) atoms. The second-order valence-corrected chi connectivity index (χ2v) is 10.8. The molecule has 7 nitrogen and oxygen atoms in total. The summed E-state index contributed by atoms with van der Waals surface area (Å²) >= 11 is 0. The molecule has 1 fully saturated rings. The molecule has 0 amide bonds. The molecule has 0 bridgehead atoms. The van der Waals surface area contributed by atoms with Crippen LogP contribution in [0.4, 0.5) is 0 Å². The van der Waals surface area contributed by atoms with Gasteiger partial charge in [-0.25, -0.2) is 4.79 Å². The average molecular weight is 457 g/mol. The summed E-state index contributed by atoms with van der Waals surface area (Å²) in [6.45, 7) is 9.35. The summed E-state index contributed by atoms with van der Waals surface area (Å²) in [5.41, 5.74) is 1.11. The van der Waals surface area contributed by atoms with Gasteiger partial charge >= 0.3 is 11.9 Å². The molecule has 1 aromatic carbocycles. The van der Waals surface area contributed by atoms with Crippen molar-refractivity contribution >= 4 is 22.8 Å². The van der Waals surface area contributed by atoms with Crippen molar-refractivity contribution in [3.63, 3.8) is 0 Å². The molecule has 2 N–H and O–H groups in total. The number of rotatable bonds is 2. The minimum absolute atomic E-state index is 0.0826. The summed E-state index contributed by atoms with van der Waals surface area (Å²) in [7, 11) is 1.37. The highest BCUT2D eigenvalue weighted by atomic mass is 16.5. The van der Waals surface area contributed by atoms with Crippen LogP contribution in [-0.4, -0.2) is 51.8 Å². The lowest BCUT2D eigenvalue weighted by molar-refractivity contribution is -0.194. The van der Waals surface area contributed by atoms with E-state index in [0.29, 0.717) is 6.42 Å². The number of hydrogen-bond acceptors (Lipinski definition) is 5. The first-order chi connectivity index (χ1) is 15.5. The van der Waals surface area contributed by atoms with Crippen molar-refractivity contribution in [2.45, 2.75) is 71.6 Å². The molecule has 1 aromatic heterocycles. The van der Waals surface area contributed by atoms with Gasteiger partial charge in [-0.3, -0.25) is 9.69 Å². The Balaban J connectivity index is 0.000000325. The highest BCUT2D eigenvalue weighted by Gasteiger charge is 2.60. The van der Waals surface area contributed by atoms with E-state index in [2.05, 4.69) is 17.9 Å². The quantitative estimate of drug-likeness (QED) is 0.662. The van der Waals surface area contributed by atoms with Crippen molar-refractivity contribution in [3.8, 4) is 0 Å². The van der Waals surface area contributed by atoms with E-state index in [1.165, 1.54) is 18.1 Å². The summed E-state index contributed by atoms with van der Waals surface area (Å²) in [4.78, 5) is 25.4. The van der Waals surface area contributed by atoms with Crippen LogP contribution in [0, 0.1) is 10.8 Å². The van der Waals surface area contributed by atoms with Crippen molar-refractivity contribution in [3.05, 3.63) is 35.5 Å². The average Bonchev–Trinajstić information content (AvgIpc) is 3.13. The van der Waals surface area contributed by atoms with Crippen molar-refractivity contribution in [1.29, 1.82) is 0 Å². The van der Waals surface area contributed by atoms with Gasteiger partial charge in [-0.15, -0.1) is 0 Å². The van der Waals surface area contributed by atoms with Crippen molar-refractivity contribution < 1.29 is 24.5 Å². The minimum Gasteiger partial charge on any atom is -0.481 e. The summed E-state index contributed by atoms with van der Waals surface area (Å²) in [5.74, 6) is -1.30. The van der Waals surface area contributed by atoms with Gasteiger partial charge in [0.05, 0.1) is 24.1 Å². The van der Waals surface area contributed by atoms with Gasteiger partial charge in [0, 0.05) is 24.0 Å². The van der Waals surface area contributed by atoms with Crippen LogP contribution in [0.15, 0.2) is 24.3 Å². The van der Waals surface area contributed by atoms with E-state index in [4.69, 9.17) is 9.84 Å². The maximum atomic E-state index is 12.8. The summed E-state index contributed by atoms with van der Waals surface area (Å²) < 4.78 is 7.01. The lowest BCUT2D eigenvalue weighted by Gasteiger charge is -2.57. The van der Waals surface area contributed by atoms with Gasteiger partial charge in [0.15, 0.2) is 0 Å². The summed E-state index contributed by atoms with van der Waals surface area (Å²) in [5, 5.41) is 21.1. The Kier molecular flexibility index (Phi) is 5.86. The second-order valence-electron chi connectivity index (χ2n) is 10.8. The van der Waals surface area contributed by atoms with Crippen LogP contribution in [0.5, 0.6) is 0 Å². The largest absolute Gasteiger partial charge is 0.481 e. The number of benzene rings is 1. The lowest BCUT2D eigenvalue weighted by atomic mass is 9.62. The predicted molar refractivity (Wildman–Crippen MR) is 126 cm³/mol. The van der Waals surface area contributed by atoms with Gasteiger partial charge in [-0.05, 0) is 70.0 Å². The maximum absolute atomic E-state index is 12.8. The van der Waals surface area contributed by atoms with Gasteiger partial charge in [-0.1, -0.05) is 25.1 Å². The first-order valence-corrected chi connectivity index (χ1v) is 11.9. The van der Waals surface area contributed by atoms with E-state index in [1.807, 2.05) is 22.8 Å². The van der Waals surface area contributed by atoms with Gasteiger partial charge < -0.3 is 19.5 Å². The molecule has 3 aliphatic heterocycles. The van der Waals surface area contributed by atoms with Gasteiger partial charge in [0.25, 0.3) is 0 Å². The number of hydrogen-bond donors (Lipinski definition) is 2. The van der Waals surface area contributed by atoms with Crippen molar-refractivity contribution in [1.82, 2.24) is 9.47 Å². The second kappa shape index (κ2) is 8.13. The fourth-order valence-corrected chi connectivity index (χ4v) is 6.10. The van der Waals surface area contributed by atoms with Crippen LogP contribution in [-0.2, 0) is 26.5 Å². The van der Waals surface area contributed by atoms with Crippen LogP contribution in [0.2, 0.25) is 0 Å². The third kappa shape index (κ3) is 3.56. The number of piperidine rings is 1. The normalized spacial score (nSPS) is 28.5. The smallest absolute Gasteiger partial charge is 0.359 e. The fourth-order valence-electron chi connectivity index (χ4n) is 6.10.